The number of nitrogens with one attached hydrogen (secondary N) is 1. The van der Waals surface area contributed by atoms with Crippen molar-refractivity contribution in [3.05, 3.63) is 95.3 Å². The Bertz CT molecular complexity index is 1080. The summed E-state index contributed by atoms with van der Waals surface area (Å²) in [7, 11) is -1.58. The highest BCUT2D eigenvalue weighted by molar-refractivity contribution is 7.82. The normalized spacial score (nSPS) is 17.3. The van der Waals surface area contributed by atoms with Gasteiger partial charge >= 0.3 is 0 Å². The number of hydrogen-bond acceptors (Lipinski definition) is 4. The first-order chi connectivity index (χ1) is 14.6. The average Bonchev–Trinajstić information content (AvgIpc) is 2.98. The number of nitrogens with zero attached hydrogens (tertiary/aromatic N) is 1. The Balaban J connectivity index is 1.74. The monoisotopic (exact) mass is 426 g/mol. The minimum Gasteiger partial charge on any atom is -0.491 e. The number of rotatable bonds is 4. The molecule has 0 spiro atoms. The predicted molar refractivity (Wildman–Crippen MR) is 109 cm³/mol. The van der Waals surface area contributed by atoms with Gasteiger partial charge in [0.2, 0.25) is 0 Å². The highest BCUT2D eigenvalue weighted by atomic mass is 32.2. The fraction of sp³-hybridized carbons (Fsp3) is 0.136. The molecule has 1 aliphatic heterocycles. The smallest absolute Gasteiger partial charge is 0.274 e. The fourth-order valence-electron chi connectivity index (χ4n) is 3.35. The molecule has 3 aromatic carbocycles. The Kier molecular flexibility index (Phi) is 5.89. The van der Waals surface area contributed by atoms with E-state index in [-0.39, 0.29) is 18.2 Å². The first kappa shape index (κ1) is 20.2. The van der Waals surface area contributed by atoms with Crippen LogP contribution in [0.25, 0.3) is 0 Å². The van der Waals surface area contributed by atoms with Crippen LogP contribution in [-0.4, -0.2) is 26.2 Å². The summed E-state index contributed by atoms with van der Waals surface area (Å²) in [5.74, 6) is -0.553. The van der Waals surface area contributed by atoms with Crippen molar-refractivity contribution in [1.82, 2.24) is 9.79 Å². The van der Waals surface area contributed by atoms with Crippen LogP contribution in [0.2, 0.25) is 0 Å². The van der Waals surface area contributed by atoms with Gasteiger partial charge in [-0.25, -0.2) is 18.4 Å². The molecule has 0 fully saturated rings. The van der Waals surface area contributed by atoms with Gasteiger partial charge in [-0.3, -0.25) is 10.0 Å². The van der Waals surface area contributed by atoms with Crippen molar-refractivity contribution in [2.24, 2.45) is 0 Å². The van der Waals surface area contributed by atoms with Crippen molar-refractivity contribution in [3.8, 4) is 5.75 Å². The molecule has 2 N–H and O–H groups in total. The second-order valence-electron chi connectivity index (χ2n) is 6.78. The lowest BCUT2D eigenvalue weighted by molar-refractivity contribution is 0.0706. The van der Waals surface area contributed by atoms with E-state index in [1.807, 2.05) is 30.3 Å². The van der Waals surface area contributed by atoms with Crippen LogP contribution < -0.4 is 10.2 Å². The number of ether oxygens (including phenoxy) is 1. The lowest BCUT2D eigenvalue weighted by Crippen LogP contribution is -2.32. The van der Waals surface area contributed by atoms with E-state index in [0.717, 1.165) is 11.1 Å². The lowest BCUT2D eigenvalue weighted by Gasteiger charge is -2.28. The molecular formula is C22H19FN2O4S. The summed E-state index contributed by atoms with van der Waals surface area (Å²) in [5, 5.41) is 8.88. The Hall–Kier alpha value is -3.07. The number of carbonyl (C=O) groups excluding carboxylic acids is 1. The largest absolute Gasteiger partial charge is 0.491 e. The van der Waals surface area contributed by atoms with Crippen LogP contribution in [0.3, 0.4) is 0 Å². The molecule has 4 rings (SSSR count). The van der Waals surface area contributed by atoms with Crippen LogP contribution in [0.5, 0.6) is 5.75 Å². The van der Waals surface area contributed by atoms with E-state index in [9.17, 15) is 13.4 Å². The van der Waals surface area contributed by atoms with Crippen molar-refractivity contribution in [2.75, 3.05) is 6.61 Å². The first-order valence-corrected chi connectivity index (χ1v) is 10.4. The lowest BCUT2D eigenvalue weighted by atomic mass is 10.1. The van der Waals surface area contributed by atoms with Gasteiger partial charge in [-0.1, -0.05) is 36.4 Å². The van der Waals surface area contributed by atoms with Gasteiger partial charge in [-0.2, -0.15) is 0 Å². The molecule has 0 radical (unpaired) electrons. The van der Waals surface area contributed by atoms with Crippen LogP contribution in [0.4, 0.5) is 4.39 Å². The number of hydrogen-bond donors (Lipinski definition) is 2. The predicted octanol–water partition coefficient (Wildman–Crippen LogP) is 3.60. The van der Waals surface area contributed by atoms with Gasteiger partial charge in [0.1, 0.15) is 29.2 Å². The first-order valence-electron chi connectivity index (χ1n) is 9.26. The van der Waals surface area contributed by atoms with Gasteiger partial charge < -0.3 is 4.74 Å². The highest BCUT2D eigenvalue weighted by Crippen LogP contribution is 2.34. The van der Waals surface area contributed by atoms with Gasteiger partial charge in [0.05, 0.1) is 10.9 Å². The summed E-state index contributed by atoms with van der Waals surface area (Å²) in [6.45, 7) is 0.494. The van der Waals surface area contributed by atoms with Crippen molar-refractivity contribution >= 4 is 16.9 Å². The molecule has 1 aliphatic rings. The molecule has 0 bridgehead atoms. The van der Waals surface area contributed by atoms with Crippen molar-refractivity contribution in [3.63, 3.8) is 0 Å². The van der Waals surface area contributed by atoms with Gasteiger partial charge in [0, 0.05) is 17.7 Å². The standard InChI is InChI=1S/C22H19FN2O4S/c23-18-8-10-19(11-9-18)30(28)25-13-17-7-6-16(22(26)24-27)12-21(17)29-14-20(25)15-4-2-1-3-5-15/h1-12,20,27H,13-14H2,(H,24,26). The van der Waals surface area contributed by atoms with Crippen LogP contribution >= 0.6 is 0 Å². The Morgan fingerprint density at radius 3 is 2.53 bits per heavy atom. The number of amides is 1. The molecule has 2 unspecified atom stereocenters. The minimum atomic E-state index is -1.58. The second-order valence-corrected chi connectivity index (χ2v) is 8.22. The third-order valence-corrected chi connectivity index (χ3v) is 6.40. The molecule has 0 saturated heterocycles. The van der Waals surface area contributed by atoms with E-state index < -0.39 is 22.7 Å². The van der Waals surface area contributed by atoms with E-state index >= 15 is 0 Å². The molecular weight excluding hydrogens is 407 g/mol. The summed E-state index contributed by atoms with van der Waals surface area (Å²) >= 11 is 0. The Morgan fingerprint density at radius 2 is 1.83 bits per heavy atom. The maximum Gasteiger partial charge on any atom is 0.274 e. The van der Waals surface area contributed by atoms with Gasteiger partial charge in [0.25, 0.3) is 5.91 Å². The van der Waals surface area contributed by atoms with Gasteiger partial charge in [-0.15, -0.1) is 0 Å². The maximum atomic E-state index is 13.4. The Morgan fingerprint density at radius 1 is 1.10 bits per heavy atom. The molecule has 6 nitrogen and oxygen atoms in total. The van der Waals surface area contributed by atoms with Crippen LogP contribution in [-0.2, 0) is 17.5 Å². The topological polar surface area (TPSA) is 78.9 Å². The van der Waals surface area contributed by atoms with E-state index in [0.29, 0.717) is 17.2 Å². The number of benzene rings is 3. The molecule has 30 heavy (non-hydrogen) atoms. The van der Waals surface area contributed by atoms with Crippen LogP contribution in [0, 0.1) is 5.82 Å². The average molecular weight is 426 g/mol. The summed E-state index contributed by atoms with van der Waals surface area (Å²) < 4.78 is 34.6. The van der Waals surface area contributed by atoms with E-state index in [2.05, 4.69) is 0 Å². The number of hydroxylamine groups is 1. The molecule has 154 valence electrons. The van der Waals surface area contributed by atoms with Crippen LogP contribution in [0.15, 0.2) is 77.7 Å². The second kappa shape index (κ2) is 8.74. The van der Waals surface area contributed by atoms with Crippen molar-refractivity contribution < 1.29 is 23.3 Å². The number of fused-ring (bicyclic) bond motifs is 1. The zero-order valence-corrected chi connectivity index (χ0v) is 16.6. The minimum absolute atomic E-state index is 0.203. The molecule has 2 atom stereocenters. The third-order valence-electron chi connectivity index (χ3n) is 4.91. The van der Waals surface area contributed by atoms with Crippen LogP contribution in [0.1, 0.15) is 27.5 Å². The zero-order chi connectivity index (χ0) is 21.1. The number of halogens is 1. The maximum absolute atomic E-state index is 13.4. The summed E-state index contributed by atoms with van der Waals surface area (Å²) in [4.78, 5) is 12.2. The molecule has 0 aromatic heterocycles. The highest BCUT2D eigenvalue weighted by Gasteiger charge is 2.31. The summed E-state index contributed by atoms with van der Waals surface area (Å²) in [6.07, 6.45) is 0. The molecule has 8 heteroatoms. The zero-order valence-electron chi connectivity index (χ0n) is 15.8. The fourth-order valence-corrected chi connectivity index (χ4v) is 4.66. The van der Waals surface area contributed by atoms with Crippen molar-refractivity contribution in [2.45, 2.75) is 17.5 Å². The molecule has 1 heterocycles. The summed E-state index contributed by atoms with van der Waals surface area (Å²) in [6, 6.07) is 19.6. The quantitative estimate of drug-likeness (QED) is 0.494. The summed E-state index contributed by atoms with van der Waals surface area (Å²) in [5.41, 5.74) is 3.53. The number of carbonyl (C=O) groups is 1. The SMILES string of the molecule is O=C(NO)c1ccc2c(c1)OCC(c1ccccc1)N(S(=O)c1ccc(F)cc1)C2. The molecule has 3 aromatic rings. The van der Waals surface area contributed by atoms with Crippen molar-refractivity contribution in [1.29, 1.82) is 0 Å². The van der Waals surface area contributed by atoms with E-state index in [1.54, 1.807) is 28.0 Å². The third kappa shape index (κ3) is 4.11. The molecule has 1 amide bonds. The van der Waals surface area contributed by atoms with Gasteiger partial charge in [-0.05, 0) is 42.0 Å². The van der Waals surface area contributed by atoms with Gasteiger partial charge in [0.15, 0.2) is 0 Å². The molecule has 0 saturated carbocycles. The van der Waals surface area contributed by atoms with E-state index in [4.69, 9.17) is 9.94 Å². The molecule has 0 aliphatic carbocycles. The van der Waals surface area contributed by atoms with E-state index in [1.165, 1.54) is 24.3 Å². The Labute approximate surface area is 175 Å².